The third-order valence-electron chi connectivity index (χ3n) is 2.73. The number of aromatic nitrogens is 1. The van der Waals surface area contributed by atoms with Gasteiger partial charge in [0.25, 0.3) is 0 Å². The minimum absolute atomic E-state index is 0.531. The summed E-state index contributed by atoms with van der Waals surface area (Å²) < 4.78 is 5.85. The molecule has 0 unspecified atom stereocenters. The molecule has 0 aliphatic heterocycles. The van der Waals surface area contributed by atoms with E-state index in [0.717, 1.165) is 35.0 Å². The number of hydrogen-bond donors (Lipinski definition) is 1. The smallest absolute Gasteiger partial charge is 0.124 e. The summed E-state index contributed by atoms with van der Waals surface area (Å²) in [4.78, 5) is 3.99. The zero-order chi connectivity index (χ0) is 13.5. The average molecular weight is 277 g/mol. The second-order valence-corrected chi connectivity index (χ2v) is 4.61. The predicted molar refractivity (Wildman–Crippen MR) is 77.4 cm³/mol. The summed E-state index contributed by atoms with van der Waals surface area (Å²) in [6.07, 6.45) is 3.53. The summed E-state index contributed by atoms with van der Waals surface area (Å²) >= 11 is 6.02. The Kier molecular flexibility index (Phi) is 5.19. The highest BCUT2D eigenvalue weighted by Crippen LogP contribution is 2.23. The van der Waals surface area contributed by atoms with Crippen molar-refractivity contribution in [1.82, 2.24) is 10.3 Å². The summed E-state index contributed by atoms with van der Waals surface area (Å²) in [6.45, 7) is 4.27. The molecule has 19 heavy (non-hydrogen) atoms. The Balaban J connectivity index is 2.06. The fourth-order valence-electron chi connectivity index (χ4n) is 1.73. The Bertz CT molecular complexity index is 517. The number of nitrogens with one attached hydrogen (secondary N) is 1. The minimum atomic E-state index is 0.531. The second-order valence-electron chi connectivity index (χ2n) is 4.18. The molecule has 0 atom stereocenters. The van der Waals surface area contributed by atoms with Crippen LogP contribution in [0.3, 0.4) is 0 Å². The average Bonchev–Trinajstić information content (AvgIpc) is 2.45. The molecular weight excluding hydrogens is 260 g/mol. The lowest BCUT2D eigenvalue weighted by atomic mass is 10.2. The van der Waals surface area contributed by atoms with E-state index in [1.807, 2.05) is 30.3 Å². The van der Waals surface area contributed by atoms with Crippen LogP contribution < -0.4 is 10.1 Å². The number of ether oxygens (including phenoxy) is 1. The number of hydrogen-bond acceptors (Lipinski definition) is 3. The molecule has 2 aromatic rings. The maximum Gasteiger partial charge on any atom is 0.124 e. The Morgan fingerprint density at radius 1 is 1.21 bits per heavy atom. The molecule has 3 nitrogen and oxygen atoms in total. The molecule has 0 aliphatic carbocycles. The summed E-state index contributed by atoms with van der Waals surface area (Å²) in [5.41, 5.74) is 2.17. The van der Waals surface area contributed by atoms with Crippen molar-refractivity contribution in [2.24, 2.45) is 0 Å². The van der Waals surface area contributed by atoms with Crippen molar-refractivity contribution in [1.29, 1.82) is 0 Å². The van der Waals surface area contributed by atoms with Crippen LogP contribution in [0.4, 0.5) is 0 Å². The van der Waals surface area contributed by atoms with E-state index in [9.17, 15) is 0 Å². The van der Waals surface area contributed by atoms with Gasteiger partial charge in [0.1, 0.15) is 12.4 Å². The Morgan fingerprint density at radius 3 is 2.74 bits per heavy atom. The SMILES string of the molecule is CCNCc1cc(Cl)ccc1OCc1ccncc1. The first kappa shape index (κ1) is 13.8. The molecule has 1 aromatic heterocycles. The first-order chi connectivity index (χ1) is 9.29. The van der Waals surface area contributed by atoms with E-state index in [1.54, 1.807) is 12.4 Å². The van der Waals surface area contributed by atoms with Gasteiger partial charge in [0.05, 0.1) is 0 Å². The number of pyridine rings is 1. The van der Waals surface area contributed by atoms with E-state index >= 15 is 0 Å². The van der Waals surface area contributed by atoms with Crippen molar-refractivity contribution in [3.05, 3.63) is 58.9 Å². The van der Waals surface area contributed by atoms with Crippen LogP contribution >= 0.6 is 11.6 Å². The van der Waals surface area contributed by atoms with E-state index in [4.69, 9.17) is 16.3 Å². The van der Waals surface area contributed by atoms with Crippen LogP contribution in [0.5, 0.6) is 5.75 Å². The summed E-state index contributed by atoms with van der Waals surface area (Å²) in [5.74, 6) is 0.863. The number of nitrogens with zero attached hydrogens (tertiary/aromatic N) is 1. The van der Waals surface area contributed by atoms with Gasteiger partial charge in [0, 0.05) is 29.5 Å². The van der Waals surface area contributed by atoms with Gasteiger partial charge < -0.3 is 10.1 Å². The van der Waals surface area contributed by atoms with Gasteiger partial charge in [-0.15, -0.1) is 0 Å². The molecule has 4 heteroatoms. The van der Waals surface area contributed by atoms with Crippen molar-refractivity contribution in [3.63, 3.8) is 0 Å². The molecule has 1 aromatic carbocycles. The Labute approximate surface area is 118 Å². The molecule has 2 rings (SSSR count). The molecule has 0 saturated heterocycles. The third kappa shape index (κ3) is 4.23. The lowest BCUT2D eigenvalue weighted by molar-refractivity contribution is 0.302. The highest BCUT2D eigenvalue weighted by atomic mass is 35.5. The molecule has 0 amide bonds. The maximum atomic E-state index is 6.02. The van der Waals surface area contributed by atoms with E-state index in [0.29, 0.717) is 6.61 Å². The van der Waals surface area contributed by atoms with Gasteiger partial charge in [0.2, 0.25) is 0 Å². The standard InChI is InChI=1S/C15H17ClN2O/c1-2-17-10-13-9-14(16)3-4-15(13)19-11-12-5-7-18-8-6-12/h3-9,17H,2,10-11H2,1H3. The predicted octanol–water partition coefficient (Wildman–Crippen LogP) is 3.42. The first-order valence-electron chi connectivity index (χ1n) is 6.30. The molecule has 1 N–H and O–H groups in total. The summed E-state index contributed by atoms with van der Waals surface area (Å²) in [6, 6.07) is 9.58. The van der Waals surface area contributed by atoms with Crippen molar-refractivity contribution >= 4 is 11.6 Å². The minimum Gasteiger partial charge on any atom is -0.489 e. The molecule has 0 saturated carbocycles. The highest BCUT2D eigenvalue weighted by molar-refractivity contribution is 6.30. The lowest BCUT2D eigenvalue weighted by Gasteiger charge is -2.12. The van der Waals surface area contributed by atoms with Crippen molar-refractivity contribution in [2.75, 3.05) is 6.54 Å². The van der Waals surface area contributed by atoms with E-state index < -0.39 is 0 Å². The van der Waals surface area contributed by atoms with Crippen LogP contribution in [0.1, 0.15) is 18.1 Å². The normalized spacial score (nSPS) is 10.4. The largest absolute Gasteiger partial charge is 0.489 e. The summed E-state index contributed by atoms with van der Waals surface area (Å²) in [7, 11) is 0. The van der Waals surface area contributed by atoms with Crippen molar-refractivity contribution in [3.8, 4) is 5.75 Å². The second kappa shape index (κ2) is 7.12. The van der Waals surface area contributed by atoms with Crippen LogP contribution in [0.2, 0.25) is 5.02 Å². The number of rotatable bonds is 6. The molecule has 0 spiro atoms. The molecule has 0 bridgehead atoms. The third-order valence-corrected chi connectivity index (χ3v) is 2.97. The summed E-state index contributed by atoms with van der Waals surface area (Å²) in [5, 5.41) is 4.01. The van der Waals surface area contributed by atoms with Crippen LogP contribution in [-0.2, 0) is 13.2 Å². The highest BCUT2D eigenvalue weighted by Gasteiger charge is 2.05. The molecule has 100 valence electrons. The van der Waals surface area contributed by atoms with Gasteiger partial charge in [-0.25, -0.2) is 0 Å². The molecule has 1 heterocycles. The topological polar surface area (TPSA) is 34.1 Å². The van der Waals surface area contributed by atoms with Gasteiger partial charge in [-0.1, -0.05) is 18.5 Å². The monoisotopic (exact) mass is 276 g/mol. The number of halogens is 1. The Hall–Kier alpha value is -1.58. The zero-order valence-electron chi connectivity index (χ0n) is 10.9. The van der Waals surface area contributed by atoms with E-state index in [1.165, 1.54) is 0 Å². The van der Waals surface area contributed by atoms with Crippen molar-refractivity contribution in [2.45, 2.75) is 20.1 Å². The molecule has 0 radical (unpaired) electrons. The van der Waals surface area contributed by atoms with Crippen LogP contribution in [0.25, 0.3) is 0 Å². The first-order valence-corrected chi connectivity index (χ1v) is 6.68. The van der Waals surface area contributed by atoms with Crippen LogP contribution in [0.15, 0.2) is 42.7 Å². The van der Waals surface area contributed by atoms with Gasteiger partial charge >= 0.3 is 0 Å². The van der Waals surface area contributed by atoms with Gasteiger partial charge in [-0.3, -0.25) is 4.98 Å². The van der Waals surface area contributed by atoms with Gasteiger partial charge in [-0.05, 0) is 42.4 Å². The van der Waals surface area contributed by atoms with Gasteiger partial charge in [0.15, 0.2) is 0 Å². The van der Waals surface area contributed by atoms with E-state index in [-0.39, 0.29) is 0 Å². The Morgan fingerprint density at radius 2 is 2.00 bits per heavy atom. The molecular formula is C15H17ClN2O. The maximum absolute atomic E-state index is 6.02. The lowest BCUT2D eigenvalue weighted by Crippen LogP contribution is -2.13. The van der Waals surface area contributed by atoms with Gasteiger partial charge in [-0.2, -0.15) is 0 Å². The van der Waals surface area contributed by atoms with Crippen molar-refractivity contribution < 1.29 is 4.74 Å². The fraction of sp³-hybridized carbons (Fsp3) is 0.267. The number of benzene rings is 1. The van der Waals surface area contributed by atoms with Crippen LogP contribution in [-0.4, -0.2) is 11.5 Å². The zero-order valence-corrected chi connectivity index (χ0v) is 11.7. The van der Waals surface area contributed by atoms with E-state index in [2.05, 4.69) is 17.2 Å². The van der Waals surface area contributed by atoms with Crippen LogP contribution in [0, 0.1) is 0 Å². The fourth-order valence-corrected chi connectivity index (χ4v) is 1.92. The molecule has 0 fully saturated rings. The quantitative estimate of drug-likeness (QED) is 0.878. The molecule has 0 aliphatic rings.